The van der Waals surface area contributed by atoms with Crippen LogP contribution in [-0.2, 0) is 4.74 Å². The highest BCUT2D eigenvalue weighted by Crippen LogP contribution is 2.35. The molecule has 0 spiro atoms. The third-order valence-corrected chi connectivity index (χ3v) is 4.51. The van der Waals surface area contributed by atoms with Crippen LogP contribution in [0.1, 0.15) is 11.6 Å². The third-order valence-electron chi connectivity index (χ3n) is 3.72. The van der Waals surface area contributed by atoms with Gasteiger partial charge in [0.05, 0.1) is 16.8 Å². The van der Waals surface area contributed by atoms with E-state index in [1.807, 2.05) is 24.3 Å². The Balaban J connectivity index is 0.000000647. The zero-order valence-electron chi connectivity index (χ0n) is 13.7. The molecule has 1 aliphatic heterocycles. The number of ether oxygens (including phenoxy) is 1. The van der Waals surface area contributed by atoms with Gasteiger partial charge in [-0.1, -0.05) is 46.9 Å². The average Bonchev–Trinajstić information content (AvgIpc) is 2.57. The molecule has 130 valence electrons. The fourth-order valence-corrected chi connectivity index (χ4v) is 3.33. The second-order valence-corrected chi connectivity index (χ2v) is 6.75. The molecule has 6 heteroatoms. The Hall–Kier alpha value is -0.970. The number of nitrogens with zero attached hydrogens (tertiary/aromatic N) is 1. The fourth-order valence-electron chi connectivity index (χ4n) is 2.69. The Morgan fingerprint density at radius 2 is 1.62 bits per heavy atom. The quantitative estimate of drug-likeness (QED) is 0.779. The number of piperazine rings is 1. The van der Waals surface area contributed by atoms with Gasteiger partial charge in [0.15, 0.2) is 0 Å². The topological polar surface area (TPSA) is 24.5 Å². The van der Waals surface area contributed by atoms with Crippen LogP contribution < -0.4 is 10.2 Å². The minimum atomic E-state index is 0.231. The van der Waals surface area contributed by atoms with Gasteiger partial charge in [-0.2, -0.15) is 0 Å². The van der Waals surface area contributed by atoms with Gasteiger partial charge >= 0.3 is 0 Å². The standard InChI is InChI=1S/C16H15Cl3N2.C2H6O/c17-12-3-1-11(2-4-12)16-10-20-7-8-21(16)15-6-5-13(18)9-14(15)19;1-3-2/h1-6,9,16,20H,7-8,10H2;1-2H3. The second-order valence-electron chi connectivity index (χ2n) is 5.47. The predicted molar refractivity (Wildman–Crippen MR) is 104 cm³/mol. The largest absolute Gasteiger partial charge is 0.388 e. The number of benzene rings is 2. The van der Waals surface area contributed by atoms with Gasteiger partial charge in [-0.05, 0) is 35.9 Å². The number of anilines is 1. The first-order valence-electron chi connectivity index (χ1n) is 7.64. The normalized spacial score (nSPS) is 17.2. The number of nitrogens with one attached hydrogen (secondary N) is 1. The first-order chi connectivity index (χ1) is 11.6. The van der Waals surface area contributed by atoms with Crippen LogP contribution in [-0.4, -0.2) is 33.9 Å². The van der Waals surface area contributed by atoms with E-state index >= 15 is 0 Å². The molecule has 2 aromatic carbocycles. The number of hydrogen-bond donors (Lipinski definition) is 1. The van der Waals surface area contributed by atoms with Crippen LogP contribution in [0.5, 0.6) is 0 Å². The molecule has 1 unspecified atom stereocenters. The van der Waals surface area contributed by atoms with Gasteiger partial charge in [-0.15, -0.1) is 0 Å². The van der Waals surface area contributed by atoms with E-state index in [0.29, 0.717) is 10.0 Å². The molecule has 1 heterocycles. The SMILES string of the molecule is COC.Clc1ccc(C2CNCCN2c2ccc(Cl)cc2Cl)cc1. The molecule has 1 atom stereocenters. The van der Waals surface area contributed by atoms with E-state index in [4.69, 9.17) is 34.8 Å². The minimum Gasteiger partial charge on any atom is -0.388 e. The summed E-state index contributed by atoms with van der Waals surface area (Å²) in [5.41, 5.74) is 2.24. The second kappa shape index (κ2) is 9.50. The predicted octanol–water partition coefficient (Wildman–Crippen LogP) is 5.06. The summed E-state index contributed by atoms with van der Waals surface area (Å²) in [4.78, 5) is 2.32. The van der Waals surface area contributed by atoms with Crippen molar-refractivity contribution >= 4 is 40.5 Å². The maximum absolute atomic E-state index is 6.37. The van der Waals surface area contributed by atoms with Crippen molar-refractivity contribution in [2.75, 3.05) is 38.8 Å². The summed E-state index contributed by atoms with van der Waals surface area (Å²) < 4.78 is 4.25. The molecule has 1 N–H and O–H groups in total. The summed E-state index contributed by atoms with van der Waals surface area (Å²) in [7, 11) is 3.25. The number of halogens is 3. The number of rotatable bonds is 2. The van der Waals surface area contributed by atoms with Crippen molar-refractivity contribution in [3.63, 3.8) is 0 Å². The van der Waals surface area contributed by atoms with E-state index in [1.165, 1.54) is 5.56 Å². The van der Waals surface area contributed by atoms with Gasteiger partial charge < -0.3 is 15.0 Å². The third kappa shape index (κ3) is 5.01. The maximum atomic E-state index is 6.37. The lowest BCUT2D eigenvalue weighted by Gasteiger charge is -2.38. The molecule has 0 amide bonds. The van der Waals surface area contributed by atoms with Crippen molar-refractivity contribution in [1.29, 1.82) is 0 Å². The first kappa shape index (κ1) is 19.4. The van der Waals surface area contributed by atoms with E-state index in [1.54, 1.807) is 20.3 Å². The van der Waals surface area contributed by atoms with Crippen molar-refractivity contribution in [2.24, 2.45) is 0 Å². The summed E-state index contributed by atoms with van der Waals surface area (Å²) in [6.45, 7) is 2.71. The lowest BCUT2D eigenvalue weighted by Crippen LogP contribution is -2.46. The van der Waals surface area contributed by atoms with Gasteiger partial charge in [0.1, 0.15) is 0 Å². The van der Waals surface area contributed by atoms with Crippen molar-refractivity contribution in [2.45, 2.75) is 6.04 Å². The molecule has 0 aromatic heterocycles. The smallest absolute Gasteiger partial charge is 0.0668 e. The monoisotopic (exact) mass is 386 g/mol. The van der Waals surface area contributed by atoms with E-state index in [-0.39, 0.29) is 6.04 Å². The van der Waals surface area contributed by atoms with Crippen LogP contribution in [0.4, 0.5) is 5.69 Å². The molecule has 1 aliphatic rings. The van der Waals surface area contributed by atoms with Crippen LogP contribution in [0.2, 0.25) is 15.1 Å². The van der Waals surface area contributed by atoms with Crippen LogP contribution in [0.25, 0.3) is 0 Å². The highest BCUT2D eigenvalue weighted by molar-refractivity contribution is 6.36. The van der Waals surface area contributed by atoms with Crippen LogP contribution >= 0.6 is 34.8 Å². The fraction of sp³-hybridized carbons (Fsp3) is 0.333. The Labute approximate surface area is 158 Å². The molecule has 2 aromatic rings. The molecular formula is C18H21Cl3N2O. The van der Waals surface area contributed by atoms with Gasteiger partial charge in [0.2, 0.25) is 0 Å². The molecule has 24 heavy (non-hydrogen) atoms. The van der Waals surface area contributed by atoms with Crippen LogP contribution in [0.15, 0.2) is 42.5 Å². The summed E-state index contributed by atoms with van der Waals surface area (Å²) in [5, 5.41) is 5.52. The Morgan fingerprint density at radius 3 is 2.25 bits per heavy atom. The Kier molecular flexibility index (Phi) is 7.66. The molecule has 0 radical (unpaired) electrons. The number of methoxy groups -OCH3 is 1. The van der Waals surface area contributed by atoms with Gasteiger partial charge in [-0.25, -0.2) is 0 Å². The van der Waals surface area contributed by atoms with Crippen molar-refractivity contribution in [3.05, 3.63) is 63.1 Å². The molecule has 1 fully saturated rings. The van der Waals surface area contributed by atoms with Crippen LogP contribution in [0, 0.1) is 0 Å². The van der Waals surface area contributed by atoms with Gasteiger partial charge in [-0.3, -0.25) is 0 Å². The highest BCUT2D eigenvalue weighted by Gasteiger charge is 2.25. The maximum Gasteiger partial charge on any atom is 0.0668 e. The van der Waals surface area contributed by atoms with Crippen molar-refractivity contribution < 1.29 is 4.74 Å². The van der Waals surface area contributed by atoms with Crippen LogP contribution in [0.3, 0.4) is 0 Å². The van der Waals surface area contributed by atoms with E-state index in [2.05, 4.69) is 27.1 Å². The van der Waals surface area contributed by atoms with E-state index < -0.39 is 0 Å². The van der Waals surface area contributed by atoms with Crippen molar-refractivity contribution in [1.82, 2.24) is 5.32 Å². The molecular weight excluding hydrogens is 367 g/mol. The molecule has 0 saturated carbocycles. The summed E-state index contributed by atoms with van der Waals surface area (Å²) in [6.07, 6.45) is 0. The molecule has 3 rings (SSSR count). The molecule has 1 saturated heterocycles. The summed E-state index contributed by atoms with van der Waals surface area (Å²) >= 11 is 18.4. The lowest BCUT2D eigenvalue weighted by atomic mass is 10.0. The van der Waals surface area contributed by atoms with E-state index in [9.17, 15) is 0 Å². The van der Waals surface area contributed by atoms with Gasteiger partial charge in [0.25, 0.3) is 0 Å². The minimum absolute atomic E-state index is 0.231. The Morgan fingerprint density at radius 1 is 1.00 bits per heavy atom. The average molecular weight is 388 g/mol. The molecule has 3 nitrogen and oxygen atoms in total. The highest BCUT2D eigenvalue weighted by atomic mass is 35.5. The first-order valence-corrected chi connectivity index (χ1v) is 8.78. The molecule has 0 bridgehead atoms. The zero-order valence-corrected chi connectivity index (χ0v) is 16.0. The number of hydrogen-bond acceptors (Lipinski definition) is 3. The molecule has 0 aliphatic carbocycles. The summed E-state index contributed by atoms with van der Waals surface area (Å²) in [6, 6.07) is 13.9. The Bertz CT molecular complexity index is 649. The zero-order chi connectivity index (χ0) is 17.5. The summed E-state index contributed by atoms with van der Waals surface area (Å²) in [5.74, 6) is 0. The van der Waals surface area contributed by atoms with Gasteiger partial charge in [0, 0.05) is 43.9 Å². The lowest BCUT2D eigenvalue weighted by molar-refractivity contribution is 0.277. The van der Waals surface area contributed by atoms with Crippen molar-refractivity contribution in [3.8, 4) is 0 Å². The van der Waals surface area contributed by atoms with E-state index in [0.717, 1.165) is 30.3 Å².